The Morgan fingerprint density at radius 3 is 2.78 bits per heavy atom. The lowest BCUT2D eigenvalue weighted by Crippen LogP contribution is -2.08. The number of fused-ring (bicyclic) bond motifs is 1. The molecule has 0 amide bonds. The van der Waals surface area contributed by atoms with Gasteiger partial charge in [-0.15, -0.1) is 11.3 Å². The van der Waals surface area contributed by atoms with Crippen LogP contribution in [0.5, 0.6) is 0 Å². The third-order valence-corrected chi connectivity index (χ3v) is 4.77. The van der Waals surface area contributed by atoms with E-state index in [1.54, 1.807) is 18.3 Å². The van der Waals surface area contributed by atoms with Crippen molar-refractivity contribution in [3.05, 3.63) is 46.2 Å². The molecule has 2 heterocycles. The number of imidazole rings is 1. The van der Waals surface area contributed by atoms with E-state index in [1.807, 2.05) is 48.1 Å². The molecule has 0 aliphatic heterocycles. The number of hydrogen-bond acceptors (Lipinski definition) is 5. The SMILES string of the molecule is CCO[C@@H](C)c1nc(Cn2c([C@@H](C)O)nc3ccccc32)cs1. The number of aromatic nitrogens is 3. The van der Waals surface area contributed by atoms with Gasteiger partial charge in [-0.3, -0.25) is 0 Å². The maximum Gasteiger partial charge on any atom is 0.138 e. The Balaban J connectivity index is 1.93. The molecule has 2 aromatic heterocycles. The molecule has 1 aromatic carbocycles. The summed E-state index contributed by atoms with van der Waals surface area (Å²) in [6.07, 6.45) is -0.614. The van der Waals surface area contributed by atoms with E-state index in [9.17, 15) is 5.11 Å². The maximum atomic E-state index is 10.0. The van der Waals surface area contributed by atoms with Crippen LogP contribution >= 0.6 is 11.3 Å². The molecule has 0 saturated heterocycles. The standard InChI is InChI=1S/C17H21N3O2S/c1-4-22-12(3)17-18-13(10-23-17)9-20-15-8-6-5-7-14(15)19-16(20)11(2)21/h5-8,10-12,21H,4,9H2,1-3H3/t11-,12+/m1/s1. The predicted octanol–water partition coefficient (Wildman–Crippen LogP) is 3.69. The van der Waals surface area contributed by atoms with Gasteiger partial charge in [0.1, 0.15) is 23.0 Å². The molecule has 23 heavy (non-hydrogen) atoms. The van der Waals surface area contributed by atoms with Gasteiger partial charge in [0.05, 0.1) is 23.3 Å². The van der Waals surface area contributed by atoms with E-state index in [0.29, 0.717) is 19.0 Å². The highest BCUT2D eigenvalue weighted by Crippen LogP contribution is 2.25. The van der Waals surface area contributed by atoms with Gasteiger partial charge in [0.25, 0.3) is 0 Å². The van der Waals surface area contributed by atoms with Crippen molar-refractivity contribution in [1.29, 1.82) is 0 Å². The average Bonchev–Trinajstić information content (AvgIpc) is 3.13. The summed E-state index contributed by atoms with van der Waals surface area (Å²) >= 11 is 1.61. The first-order valence-electron chi connectivity index (χ1n) is 7.79. The van der Waals surface area contributed by atoms with Gasteiger partial charge in [-0.2, -0.15) is 0 Å². The first-order chi connectivity index (χ1) is 11.1. The average molecular weight is 331 g/mol. The molecule has 1 N–H and O–H groups in total. The third kappa shape index (κ3) is 3.29. The minimum absolute atomic E-state index is 0.00881. The van der Waals surface area contributed by atoms with Crippen LogP contribution in [0.1, 0.15) is 49.5 Å². The van der Waals surface area contributed by atoms with E-state index in [-0.39, 0.29) is 6.10 Å². The summed E-state index contributed by atoms with van der Waals surface area (Å²) in [5.74, 6) is 0.665. The lowest BCUT2D eigenvalue weighted by molar-refractivity contribution is 0.0761. The van der Waals surface area contributed by atoms with E-state index in [4.69, 9.17) is 4.74 Å². The number of aliphatic hydroxyl groups is 1. The van der Waals surface area contributed by atoms with Gasteiger partial charge in [-0.1, -0.05) is 12.1 Å². The van der Waals surface area contributed by atoms with Gasteiger partial charge >= 0.3 is 0 Å². The summed E-state index contributed by atoms with van der Waals surface area (Å²) in [5.41, 5.74) is 2.86. The number of thiazole rings is 1. The highest BCUT2D eigenvalue weighted by molar-refractivity contribution is 7.09. The number of ether oxygens (including phenoxy) is 1. The molecule has 6 heteroatoms. The van der Waals surface area contributed by atoms with Crippen molar-refractivity contribution in [3.8, 4) is 0 Å². The Kier molecular flexibility index (Phi) is 4.75. The van der Waals surface area contributed by atoms with Gasteiger partial charge in [0, 0.05) is 12.0 Å². The third-order valence-electron chi connectivity index (χ3n) is 3.71. The Labute approximate surface area is 139 Å². The number of benzene rings is 1. The molecule has 0 spiro atoms. The fraction of sp³-hybridized carbons (Fsp3) is 0.412. The molecular formula is C17H21N3O2S. The van der Waals surface area contributed by atoms with Gasteiger partial charge < -0.3 is 14.4 Å². The summed E-state index contributed by atoms with van der Waals surface area (Å²) in [6, 6.07) is 7.91. The summed E-state index contributed by atoms with van der Waals surface area (Å²) in [6.45, 7) is 7.00. The monoisotopic (exact) mass is 331 g/mol. The van der Waals surface area contributed by atoms with Crippen molar-refractivity contribution in [2.75, 3.05) is 6.61 Å². The smallest absolute Gasteiger partial charge is 0.138 e. The second-order valence-electron chi connectivity index (χ2n) is 5.50. The van der Waals surface area contributed by atoms with Crippen LogP contribution in [0.2, 0.25) is 0 Å². The Hall–Kier alpha value is -1.76. The second-order valence-corrected chi connectivity index (χ2v) is 6.39. The molecule has 0 radical (unpaired) electrons. The lowest BCUT2D eigenvalue weighted by atomic mass is 10.3. The van der Waals surface area contributed by atoms with Crippen molar-refractivity contribution in [2.45, 2.75) is 39.5 Å². The molecule has 3 aromatic rings. The minimum atomic E-state index is -0.622. The van der Waals surface area contributed by atoms with Crippen LogP contribution in [-0.4, -0.2) is 26.2 Å². The van der Waals surface area contributed by atoms with E-state index in [1.165, 1.54) is 0 Å². The Morgan fingerprint density at radius 2 is 2.04 bits per heavy atom. The molecule has 5 nitrogen and oxygen atoms in total. The normalized spacial score (nSPS) is 14.3. The summed E-state index contributed by atoms with van der Waals surface area (Å²) < 4.78 is 7.63. The number of aliphatic hydroxyl groups excluding tert-OH is 1. The number of para-hydroxylation sites is 2. The van der Waals surface area contributed by atoms with E-state index < -0.39 is 6.10 Å². The van der Waals surface area contributed by atoms with Crippen molar-refractivity contribution < 1.29 is 9.84 Å². The summed E-state index contributed by atoms with van der Waals surface area (Å²) in [5, 5.41) is 13.0. The second kappa shape index (κ2) is 6.78. The molecule has 0 fully saturated rings. The zero-order valence-corrected chi connectivity index (χ0v) is 14.4. The van der Waals surface area contributed by atoms with E-state index >= 15 is 0 Å². The van der Waals surface area contributed by atoms with Crippen LogP contribution in [0.3, 0.4) is 0 Å². The fourth-order valence-electron chi connectivity index (χ4n) is 2.64. The van der Waals surface area contributed by atoms with Crippen molar-refractivity contribution in [2.24, 2.45) is 0 Å². The van der Waals surface area contributed by atoms with Crippen LogP contribution in [0.25, 0.3) is 11.0 Å². The Bertz CT molecular complexity index is 794. The molecule has 0 saturated carbocycles. The lowest BCUT2D eigenvalue weighted by Gasteiger charge is -2.10. The van der Waals surface area contributed by atoms with Crippen LogP contribution < -0.4 is 0 Å². The first kappa shape index (κ1) is 16.1. The molecule has 0 unspecified atom stereocenters. The molecular weight excluding hydrogens is 310 g/mol. The van der Waals surface area contributed by atoms with Gasteiger partial charge in [-0.25, -0.2) is 9.97 Å². The van der Waals surface area contributed by atoms with Crippen molar-refractivity contribution >= 4 is 22.4 Å². The topological polar surface area (TPSA) is 60.2 Å². The van der Waals surface area contributed by atoms with Crippen LogP contribution in [-0.2, 0) is 11.3 Å². The predicted molar refractivity (Wildman–Crippen MR) is 91.6 cm³/mol. The fourth-order valence-corrected chi connectivity index (χ4v) is 3.46. The van der Waals surface area contributed by atoms with Gasteiger partial charge in [0.2, 0.25) is 0 Å². The van der Waals surface area contributed by atoms with E-state index in [2.05, 4.69) is 9.97 Å². The molecule has 0 bridgehead atoms. The van der Waals surface area contributed by atoms with Gasteiger partial charge in [0.15, 0.2) is 0 Å². The first-order valence-corrected chi connectivity index (χ1v) is 8.67. The highest BCUT2D eigenvalue weighted by Gasteiger charge is 2.17. The maximum absolute atomic E-state index is 10.0. The Morgan fingerprint density at radius 1 is 1.26 bits per heavy atom. The largest absolute Gasteiger partial charge is 0.385 e. The highest BCUT2D eigenvalue weighted by atomic mass is 32.1. The molecule has 0 aliphatic carbocycles. The van der Waals surface area contributed by atoms with Crippen LogP contribution in [0, 0.1) is 0 Å². The number of nitrogens with zero attached hydrogens (tertiary/aromatic N) is 3. The van der Waals surface area contributed by atoms with Crippen LogP contribution in [0.15, 0.2) is 29.6 Å². The van der Waals surface area contributed by atoms with Gasteiger partial charge in [-0.05, 0) is 32.9 Å². The zero-order valence-electron chi connectivity index (χ0n) is 13.6. The quantitative estimate of drug-likeness (QED) is 0.748. The van der Waals surface area contributed by atoms with Crippen molar-refractivity contribution in [1.82, 2.24) is 14.5 Å². The molecule has 2 atom stereocenters. The minimum Gasteiger partial charge on any atom is -0.385 e. The molecule has 3 rings (SSSR count). The van der Waals surface area contributed by atoms with Crippen molar-refractivity contribution in [3.63, 3.8) is 0 Å². The van der Waals surface area contributed by atoms with E-state index in [0.717, 1.165) is 21.7 Å². The summed E-state index contributed by atoms with van der Waals surface area (Å²) in [7, 11) is 0. The molecule has 122 valence electrons. The molecule has 0 aliphatic rings. The zero-order chi connectivity index (χ0) is 16.4. The number of hydrogen-bond donors (Lipinski definition) is 1. The summed E-state index contributed by atoms with van der Waals surface area (Å²) in [4.78, 5) is 9.22. The van der Waals surface area contributed by atoms with Crippen LogP contribution in [0.4, 0.5) is 0 Å². The number of rotatable bonds is 6.